The smallest absolute Gasteiger partial charge is 0.257 e. The van der Waals surface area contributed by atoms with Crippen LogP contribution in [0.3, 0.4) is 0 Å². The Balaban J connectivity index is 2.13. The predicted octanol–water partition coefficient (Wildman–Crippen LogP) is 2.39. The van der Waals surface area contributed by atoms with Crippen molar-refractivity contribution >= 4 is 11.7 Å². The third-order valence-corrected chi connectivity index (χ3v) is 3.45. The number of hydrogen-bond donors (Lipinski definition) is 1. The zero-order chi connectivity index (χ0) is 13.0. The Bertz CT molecular complexity index is 411. The van der Waals surface area contributed by atoms with Crippen molar-refractivity contribution in [3.8, 4) is 0 Å². The van der Waals surface area contributed by atoms with Crippen molar-refractivity contribution in [3.63, 3.8) is 0 Å². The number of rotatable bonds is 3. The van der Waals surface area contributed by atoms with E-state index in [0.29, 0.717) is 11.4 Å². The highest BCUT2D eigenvalue weighted by Crippen LogP contribution is 2.20. The van der Waals surface area contributed by atoms with Crippen molar-refractivity contribution in [2.75, 3.05) is 25.0 Å². The summed E-state index contributed by atoms with van der Waals surface area (Å²) in [6, 6.07) is 3.67. The van der Waals surface area contributed by atoms with Gasteiger partial charge in [0.25, 0.3) is 5.91 Å². The van der Waals surface area contributed by atoms with Crippen molar-refractivity contribution in [1.29, 1.82) is 0 Å². The maximum atomic E-state index is 12.4. The van der Waals surface area contributed by atoms with Crippen molar-refractivity contribution in [2.45, 2.75) is 26.7 Å². The maximum Gasteiger partial charge on any atom is 0.257 e. The zero-order valence-electron chi connectivity index (χ0n) is 11.1. The molecule has 0 unspecified atom stereocenters. The van der Waals surface area contributed by atoms with E-state index < -0.39 is 0 Å². The lowest BCUT2D eigenvalue weighted by Gasteiger charge is -2.30. The van der Waals surface area contributed by atoms with Crippen molar-refractivity contribution in [2.24, 2.45) is 5.92 Å². The van der Waals surface area contributed by atoms with Crippen LogP contribution in [0.4, 0.5) is 5.82 Å². The van der Waals surface area contributed by atoms with Crippen LogP contribution in [0.25, 0.3) is 0 Å². The average molecular weight is 247 g/mol. The first-order valence-electron chi connectivity index (χ1n) is 6.70. The van der Waals surface area contributed by atoms with Gasteiger partial charge in [-0.1, -0.05) is 6.92 Å². The second kappa shape index (κ2) is 5.85. The van der Waals surface area contributed by atoms with Gasteiger partial charge in [0, 0.05) is 25.8 Å². The molecule has 0 aliphatic carbocycles. The molecule has 1 aromatic rings. The molecule has 0 spiro atoms. The third kappa shape index (κ3) is 2.81. The Kier molecular flexibility index (Phi) is 4.18. The molecule has 1 fully saturated rings. The molecular formula is C14H21N3O. The van der Waals surface area contributed by atoms with E-state index in [1.165, 1.54) is 0 Å². The van der Waals surface area contributed by atoms with Gasteiger partial charge in [0.15, 0.2) is 0 Å². The molecule has 4 nitrogen and oxygen atoms in total. The monoisotopic (exact) mass is 247 g/mol. The topological polar surface area (TPSA) is 45.2 Å². The maximum absolute atomic E-state index is 12.4. The number of likely N-dealkylation sites (tertiary alicyclic amines) is 1. The number of nitrogens with zero attached hydrogens (tertiary/aromatic N) is 2. The minimum Gasteiger partial charge on any atom is -0.370 e. The van der Waals surface area contributed by atoms with E-state index >= 15 is 0 Å². The molecule has 1 saturated heterocycles. The van der Waals surface area contributed by atoms with Gasteiger partial charge in [0.05, 0.1) is 5.56 Å². The number of nitrogens with one attached hydrogen (secondary N) is 1. The molecule has 0 atom stereocenters. The highest BCUT2D eigenvalue weighted by molar-refractivity contribution is 5.98. The molecule has 4 heteroatoms. The summed E-state index contributed by atoms with van der Waals surface area (Å²) >= 11 is 0. The normalized spacial score (nSPS) is 16.7. The van der Waals surface area contributed by atoms with Crippen molar-refractivity contribution in [1.82, 2.24) is 9.88 Å². The Morgan fingerprint density at radius 2 is 2.22 bits per heavy atom. The quantitative estimate of drug-likeness (QED) is 0.892. The molecule has 18 heavy (non-hydrogen) atoms. The van der Waals surface area contributed by atoms with Gasteiger partial charge >= 0.3 is 0 Å². The summed E-state index contributed by atoms with van der Waals surface area (Å²) in [5.41, 5.74) is 0.689. The van der Waals surface area contributed by atoms with Crippen LogP contribution in [0.5, 0.6) is 0 Å². The van der Waals surface area contributed by atoms with Crippen LogP contribution in [0, 0.1) is 5.92 Å². The Morgan fingerprint density at radius 3 is 2.89 bits per heavy atom. The van der Waals surface area contributed by atoms with Gasteiger partial charge in [0.2, 0.25) is 0 Å². The first kappa shape index (κ1) is 12.9. The zero-order valence-corrected chi connectivity index (χ0v) is 11.1. The summed E-state index contributed by atoms with van der Waals surface area (Å²) in [4.78, 5) is 18.6. The lowest BCUT2D eigenvalue weighted by Crippen LogP contribution is -2.38. The number of carbonyl (C=O) groups is 1. The molecule has 1 aliphatic heterocycles. The summed E-state index contributed by atoms with van der Waals surface area (Å²) < 4.78 is 0. The lowest BCUT2D eigenvalue weighted by atomic mass is 9.98. The van der Waals surface area contributed by atoms with Crippen molar-refractivity contribution in [3.05, 3.63) is 23.9 Å². The SMILES string of the molecule is CCNc1ncccc1C(=O)N1CCC(C)CC1. The molecule has 1 aliphatic rings. The molecule has 0 radical (unpaired) electrons. The van der Waals surface area contributed by atoms with Crippen molar-refractivity contribution < 1.29 is 4.79 Å². The van der Waals surface area contributed by atoms with Crippen LogP contribution < -0.4 is 5.32 Å². The van der Waals surface area contributed by atoms with E-state index in [1.54, 1.807) is 6.20 Å². The minimum absolute atomic E-state index is 0.103. The van der Waals surface area contributed by atoms with Gasteiger partial charge in [-0.25, -0.2) is 4.98 Å². The second-order valence-corrected chi connectivity index (χ2v) is 4.90. The molecule has 2 rings (SSSR count). The van der Waals surface area contributed by atoms with Crippen LogP contribution in [-0.4, -0.2) is 35.4 Å². The number of amides is 1. The van der Waals surface area contributed by atoms with Gasteiger partial charge in [-0.05, 0) is 37.8 Å². The molecular weight excluding hydrogens is 226 g/mol. The van der Waals surface area contributed by atoms with E-state index in [9.17, 15) is 4.79 Å². The largest absolute Gasteiger partial charge is 0.370 e. The summed E-state index contributed by atoms with van der Waals surface area (Å²) in [6.07, 6.45) is 3.91. The summed E-state index contributed by atoms with van der Waals surface area (Å²) in [5.74, 6) is 1.53. The number of hydrogen-bond acceptors (Lipinski definition) is 3. The highest BCUT2D eigenvalue weighted by Gasteiger charge is 2.23. The van der Waals surface area contributed by atoms with Crippen LogP contribution in [0.1, 0.15) is 37.0 Å². The predicted molar refractivity (Wildman–Crippen MR) is 72.7 cm³/mol. The van der Waals surface area contributed by atoms with Crippen LogP contribution in [0.2, 0.25) is 0 Å². The van der Waals surface area contributed by atoms with Crippen LogP contribution in [-0.2, 0) is 0 Å². The van der Waals surface area contributed by atoms with E-state index in [1.807, 2.05) is 24.0 Å². The Hall–Kier alpha value is -1.58. The molecule has 0 bridgehead atoms. The highest BCUT2D eigenvalue weighted by atomic mass is 16.2. The van der Waals surface area contributed by atoms with Gasteiger partial charge in [0.1, 0.15) is 5.82 Å². The number of carbonyl (C=O) groups excluding carboxylic acids is 1. The average Bonchev–Trinajstić information content (AvgIpc) is 2.40. The molecule has 0 saturated carbocycles. The first-order valence-corrected chi connectivity index (χ1v) is 6.70. The first-order chi connectivity index (χ1) is 8.72. The Morgan fingerprint density at radius 1 is 1.50 bits per heavy atom. The number of aromatic nitrogens is 1. The molecule has 2 heterocycles. The molecule has 1 N–H and O–H groups in total. The molecule has 98 valence electrons. The summed E-state index contributed by atoms with van der Waals surface area (Å²) in [6.45, 7) is 6.75. The third-order valence-electron chi connectivity index (χ3n) is 3.45. The van der Waals surface area contributed by atoms with Gasteiger partial charge < -0.3 is 10.2 Å². The molecule has 0 aromatic carbocycles. The van der Waals surface area contributed by atoms with E-state index in [0.717, 1.165) is 38.4 Å². The van der Waals surface area contributed by atoms with E-state index in [2.05, 4.69) is 17.2 Å². The fraction of sp³-hybridized carbons (Fsp3) is 0.571. The summed E-state index contributed by atoms with van der Waals surface area (Å²) in [5, 5.41) is 3.15. The second-order valence-electron chi connectivity index (χ2n) is 4.90. The molecule has 1 aromatic heterocycles. The summed E-state index contributed by atoms with van der Waals surface area (Å²) in [7, 11) is 0. The van der Waals surface area contributed by atoms with Gasteiger partial charge in [-0.15, -0.1) is 0 Å². The number of pyridine rings is 1. The Labute approximate surface area is 108 Å². The fourth-order valence-corrected chi connectivity index (χ4v) is 2.27. The van der Waals surface area contributed by atoms with Crippen LogP contribution in [0.15, 0.2) is 18.3 Å². The van der Waals surface area contributed by atoms with Gasteiger partial charge in [-0.3, -0.25) is 4.79 Å². The standard InChI is InChI=1S/C14H21N3O/c1-3-15-13-12(5-4-8-16-13)14(18)17-9-6-11(2)7-10-17/h4-5,8,11H,3,6-7,9-10H2,1-2H3,(H,15,16). The van der Waals surface area contributed by atoms with Crippen LogP contribution >= 0.6 is 0 Å². The van der Waals surface area contributed by atoms with E-state index in [-0.39, 0.29) is 5.91 Å². The van der Waals surface area contributed by atoms with E-state index in [4.69, 9.17) is 0 Å². The molecule has 1 amide bonds. The number of piperidine rings is 1. The number of anilines is 1. The van der Waals surface area contributed by atoms with Gasteiger partial charge in [-0.2, -0.15) is 0 Å². The lowest BCUT2D eigenvalue weighted by molar-refractivity contribution is 0.0698. The minimum atomic E-state index is 0.103. The fourth-order valence-electron chi connectivity index (χ4n) is 2.27.